The second-order valence-corrected chi connectivity index (χ2v) is 3.75. The lowest BCUT2D eigenvalue weighted by atomic mass is 10.1. The van der Waals surface area contributed by atoms with Gasteiger partial charge < -0.3 is 15.4 Å². The summed E-state index contributed by atoms with van der Waals surface area (Å²) in [7, 11) is 0. The van der Waals surface area contributed by atoms with E-state index in [-0.39, 0.29) is 23.9 Å². The number of nitrogens with two attached hydrogens (primary N) is 1. The molecule has 1 aromatic rings. The average Bonchev–Trinajstić information content (AvgIpc) is 2.81. The van der Waals surface area contributed by atoms with Crippen LogP contribution in [0.1, 0.15) is 17.5 Å². The molecule has 1 aliphatic rings. The molecular weight excluding hydrogens is 212 g/mol. The highest BCUT2D eigenvalue weighted by Gasteiger charge is 2.28. The molecule has 0 spiro atoms. The first kappa shape index (κ1) is 11.0. The zero-order valence-electron chi connectivity index (χ0n) is 8.96. The van der Waals surface area contributed by atoms with Crippen LogP contribution in [0.5, 0.6) is 0 Å². The first-order chi connectivity index (χ1) is 7.68. The van der Waals surface area contributed by atoms with E-state index < -0.39 is 0 Å². The SMILES string of the molecule is CC(N)C1CN(C(=O)c2nn[nH]n2)CCO1. The molecule has 2 atom stereocenters. The second-order valence-electron chi connectivity index (χ2n) is 3.75. The lowest BCUT2D eigenvalue weighted by Crippen LogP contribution is -2.51. The Kier molecular flexibility index (Phi) is 3.11. The van der Waals surface area contributed by atoms with Crippen LogP contribution in [-0.4, -0.2) is 63.3 Å². The Balaban J connectivity index is 2.02. The summed E-state index contributed by atoms with van der Waals surface area (Å²) in [6, 6.07) is -0.110. The number of ether oxygens (including phenoxy) is 1. The molecule has 0 aliphatic carbocycles. The minimum Gasteiger partial charge on any atom is -0.373 e. The predicted molar refractivity (Wildman–Crippen MR) is 53.5 cm³/mol. The van der Waals surface area contributed by atoms with E-state index in [0.717, 1.165) is 0 Å². The van der Waals surface area contributed by atoms with Gasteiger partial charge in [-0.25, -0.2) is 0 Å². The molecule has 8 heteroatoms. The van der Waals surface area contributed by atoms with Crippen molar-refractivity contribution in [2.24, 2.45) is 5.73 Å². The fourth-order valence-corrected chi connectivity index (χ4v) is 1.57. The number of tetrazole rings is 1. The lowest BCUT2D eigenvalue weighted by molar-refractivity contribution is -0.0303. The Labute approximate surface area is 92.1 Å². The van der Waals surface area contributed by atoms with Crippen LogP contribution in [-0.2, 0) is 4.74 Å². The van der Waals surface area contributed by atoms with Crippen molar-refractivity contribution in [3.8, 4) is 0 Å². The fraction of sp³-hybridized carbons (Fsp3) is 0.750. The van der Waals surface area contributed by atoms with Crippen molar-refractivity contribution >= 4 is 5.91 Å². The summed E-state index contributed by atoms with van der Waals surface area (Å²) in [6.45, 7) is 3.32. The van der Waals surface area contributed by atoms with Gasteiger partial charge in [0, 0.05) is 19.1 Å². The standard InChI is InChI=1S/C8H14N6O2/c1-5(9)6-4-14(2-3-16-6)8(15)7-10-12-13-11-7/h5-6H,2-4,9H2,1H3,(H,10,11,12,13). The van der Waals surface area contributed by atoms with E-state index in [4.69, 9.17) is 10.5 Å². The van der Waals surface area contributed by atoms with Crippen LogP contribution < -0.4 is 5.73 Å². The third-order valence-corrected chi connectivity index (χ3v) is 2.50. The molecule has 0 bridgehead atoms. The minimum atomic E-state index is -0.247. The molecule has 0 saturated carbocycles. The van der Waals surface area contributed by atoms with Gasteiger partial charge in [0.25, 0.3) is 11.7 Å². The molecule has 1 amide bonds. The predicted octanol–water partition coefficient (Wildman–Crippen LogP) is -1.61. The Morgan fingerprint density at radius 2 is 2.56 bits per heavy atom. The van der Waals surface area contributed by atoms with E-state index in [1.807, 2.05) is 6.92 Å². The maximum atomic E-state index is 11.9. The normalized spacial score (nSPS) is 23.1. The van der Waals surface area contributed by atoms with Gasteiger partial charge in [0.05, 0.1) is 12.7 Å². The quantitative estimate of drug-likeness (QED) is 0.627. The summed E-state index contributed by atoms with van der Waals surface area (Å²) < 4.78 is 5.45. The van der Waals surface area contributed by atoms with E-state index >= 15 is 0 Å². The summed E-state index contributed by atoms with van der Waals surface area (Å²) >= 11 is 0. The van der Waals surface area contributed by atoms with Gasteiger partial charge in [0.15, 0.2) is 0 Å². The lowest BCUT2D eigenvalue weighted by Gasteiger charge is -2.33. The molecule has 2 unspecified atom stereocenters. The first-order valence-electron chi connectivity index (χ1n) is 5.08. The van der Waals surface area contributed by atoms with Crippen molar-refractivity contribution in [3.63, 3.8) is 0 Å². The van der Waals surface area contributed by atoms with Crippen LogP contribution >= 0.6 is 0 Å². The molecule has 1 aromatic heterocycles. The van der Waals surface area contributed by atoms with Crippen LogP contribution in [0.3, 0.4) is 0 Å². The van der Waals surface area contributed by atoms with Gasteiger partial charge in [0.2, 0.25) is 0 Å². The summed E-state index contributed by atoms with van der Waals surface area (Å²) in [5.74, 6) is -0.173. The van der Waals surface area contributed by atoms with Crippen molar-refractivity contribution in [3.05, 3.63) is 5.82 Å². The summed E-state index contributed by atoms with van der Waals surface area (Å²) in [5, 5.41) is 12.9. The maximum absolute atomic E-state index is 11.9. The Hall–Kier alpha value is -1.54. The monoisotopic (exact) mass is 226 g/mol. The van der Waals surface area contributed by atoms with E-state index in [1.54, 1.807) is 4.90 Å². The molecule has 1 saturated heterocycles. The van der Waals surface area contributed by atoms with Crippen LogP contribution in [0.2, 0.25) is 0 Å². The zero-order valence-corrected chi connectivity index (χ0v) is 8.96. The zero-order chi connectivity index (χ0) is 11.5. The van der Waals surface area contributed by atoms with Gasteiger partial charge in [-0.1, -0.05) is 0 Å². The van der Waals surface area contributed by atoms with Gasteiger partial charge >= 0.3 is 0 Å². The van der Waals surface area contributed by atoms with Crippen LogP contribution in [0, 0.1) is 0 Å². The number of nitrogens with zero attached hydrogens (tertiary/aromatic N) is 4. The number of carbonyl (C=O) groups excluding carboxylic acids is 1. The van der Waals surface area contributed by atoms with Gasteiger partial charge in [-0.05, 0) is 12.1 Å². The Morgan fingerprint density at radius 3 is 3.19 bits per heavy atom. The van der Waals surface area contributed by atoms with Crippen molar-refractivity contribution in [2.45, 2.75) is 19.1 Å². The van der Waals surface area contributed by atoms with Gasteiger partial charge in [-0.2, -0.15) is 5.21 Å². The third kappa shape index (κ3) is 2.17. The van der Waals surface area contributed by atoms with Crippen molar-refractivity contribution in [1.29, 1.82) is 0 Å². The molecule has 88 valence electrons. The Bertz CT molecular complexity index is 351. The van der Waals surface area contributed by atoms with Crippen LogP contribution in [0.4, 0.5) is 0 Å². The van der Waals surface area contributed by atoms with E-state index in [2.05, 4.69) is 20.6 Å². The van der Waals surface area contributed by atoms with Gasteiger partial charge in [-0.15, -0.1) is 10.2 Å². The van der Waals surface area contributed by atoms with Crippen LogP contribution in [0.15, 0.2) is 0 Å². The van der Waals surface area contributed by atoms with Crippen LogP contribution in [0.25, 0.3) is 0 Å². The first-order valence-corrected chi connectivity index (χ1v) is 5.08. The smallest absolute Gasteiger partial charge is 0.295 e. The number of nitrogens with one attached hydrogen (secondary N) is 1. The molecule has 0 radical (unpaired) electrons. The van der Waals surface area contributed by atoms with Gasteiger partial charge in [0.1, 0.15) is 0 Å². The highest BCUT2D eigenvalue weighted by Crippen LogP contribution is 2.09. The molecule has 1 fully saturated rings. The molecular formula is C8H14N6O2. The van der Waals surface area contributed by atoms with Gasteiger partial charge in [-0.3, -0.25) is 4.79 Å². The molecule has 8 nitrogen and oxygen atoms in total. The summed E-state index contributed by atoms with van der Waals surface area (Å²) in [5.41, 5.74) is 5.74. The summed E-state index contributed by atoms with van der Waals surface area (Å²) in [4.78, 5) is 13.5. The Morgan fingerprint density at radius 1 is 1.75 bits per heavy atom. The number of hydrogen-bond donors (Lipinski definition) is 2. The molecule has 2 rings (SSSR count). The maximum Gasteiger partial charge on any atom is 0.295 e. The molecule has 3 N–H and O–H groups in total. The van der Waals surface area contributed by atoms with Crippen molar-refractivity contribution in [1.82, 2.24) is 25.5 Å². The molecule has 0 aromatic carbocycles. The molecule has 1 aliphatic heterocycles. The number of H-pyrrole nitrogens is 1. The number of carbonyl (C=O) groups is 1. The minimum absolute atomic E-state index is 0.0744. The number of hydrogen-bond acceptors (Lipinski definition) is 6. The van der Waals surface area contributed by atoms with Crippen molar-refractivity contribution < 1.29 is 9.53 Å². The average molecular weight is 226 g/mol. The number of aromatic nitrogens is 4. The van der Waals surface area contributed by atoms with E-state index in [1.165, 1.54) is 0 Å². The third-order valence-electron chi connectivity index (χ3n) is 2.50. The number of aromatic amines is 1. The number of amides is 1. The summed E-state index contributed by atoms with van der Waals surface area (Å²) in [6.07, 6.45) is -0.135. The molecule has 2 heterocycles. The van der Waals surface area contributed by atoms with E-state index in [9.17, 15) is 4.79 Å². The van der Waals surface area contributed by atoms with Crippen molar-refractivity contribution in [2.75, 3.05) is 19.7 Å². The number of rotatable bonds is 2. The molecule has 16 heavy (non-hydrogen) atoms. The highest BCUT2D eigenvalue weighted by atomic mass is 16.5. The number of morpholine rings is 1. The second kappa shape index (κ2) is 4.54. The topological polar surface area (TPSA) is 110 Å². The largest absolute Gasteiger partial charge is 0.373 e. The highest BCUT2D eigenvalue weighted by molar-refractivity contribution is 5.90. The van der Waals surface area contributed by atoms with E-state index in [0.29, 0.717) is 19.7 Å². The fourth-order valence-electron chi connectivity index (χ4n) is 1.57.